The Kier molecular flexibility index (Phi) is 4.04. The molecule has 108 valence electrons. The van der Waals surface area contributed by atoms with E-state index in [1.165, 1.54) is 26.1 Å². The minimum Gasteiger partial charge on any atom is -0.308 e. The maximum Gasteiger partial charge on any atom is 0.0661 e. The maximum atomic E-state index is 4.79. The monoisotopic (exact) mass is 296 g/mol. The lowest BCUT2D eigenvalue weighted by atomic mass is 10.1. The second-order valence-corrected chi connectivity index (χ2v) is 6.67. The Labute approximate surface area is 129 Å². The smallest absolute Gasteiger partial charge is 0.0661 e. The van der Waals surface area contributed by atoms with Crippen molar-refractivity contribution in [3.8, 4) is 10.4 Å². The fraction of sp³-hybridized carbons (Fsp3) is 0.278. The molecule has 0 radical (unpaired) electrons. The molecular weight excluding hydrogens is 276 g/mol. The van der Waals surface area contributed by atoms with Gasteiger partial charge in [0.2, 0.25) is 0 Å². The molecule has 1 aliphatic carbocycles. The van der Waals surface area contributed by atoms with Gasteiger partial charge in [-0.25, -0.2) is 0 Å². The van der Waals surface area contributed by atoms with Gasteiger partial charge in [-0.1, -0.05) is 24.3 Å². The number of fused-ring (bicyclic) bond motifs is 2. The van der Waals surface area contributed by atoms with Gasteiger partial charge in [-0.05, 0) is 50.2 Å². The minimum atomic E-state index is 0.836. The molecule has 3 heteroatoms. The summed E-state index contributed by atoms with van der Waals surface area (Å²) in [7, 11) is 4.16. The number of aryl methyl sites for hydroxylation is 1. The lowest BCUT2D eigenvalue weighted by Crippen LogP contribution is -2.17. The van der Waals surface area contributed by atoms with Gasteiger partial charge in [0.05, 0.1) is 11.9 Å². The first-order valence-corrected chi connectivity index (χ1v) is 8.04. The molecule has 21 heavy (non-hydrogen) atoms. The van der Waals surface area contributed by atoms with Crippen molar-refractivity contribution in [1.82, 2.24) is 4.90 Å². The number of benzene rings is 2. The van der Waals surface area contributed by atoms with Crippen LogP contribution in [0.25, 0.3) is 20.5 Å². The van der Waals surface area contributed by atoms with E-state index < -0.39 is 0 Å². The molecule has 1 aromatic rings. The molecule has 2 nitrogen and oxygen atoms in total. The molecule has 2 aliphatic rings. The molecule has 0 amide bonds. The fourth-order valence-corrected chi connectivity index (χ4v) is 3.55. The van der Waals surface area contributed by atoms with Gasteiger partial charge in [0.1, 0.15) is 0 Å². The summed E-state index contributed by atoms with van der Waals surface area (Å²) >= 11 is 1.86. The van der Waals surface area contributed by atoms with Gasteiger partial charge in [0.15, 0.2) is 0 Å². The molecular formula is C18H20N2S. The topological polar surface area (TPSA) is 15.6 Å². The molecule has 3 rings (SSSR count). The van der Waals surface area contributed by atoms with Crippen LogP contribution in [0.4, 0.5) is 0 Å². The van der Waals surface area contributed by atoms with E-state index in [1.54, 1.807) is 0 Å². The highest BCUT2D eigenvalue weighted by Crippen LogP contribution is 2.33. The SMILES string of the molecule is Cc1ccc(=NCCN(C)C)c2cc3ccccc3sc1-2. The summed E-state index contributed by atoms with van der Waals surface area (Å²) in [6, 6.07) is 15.2. The van der Waals surface area contributed by atoms with Crippen molar-refractivity contribution in [1.29, 1.82) is 0 Å². The van der Waals surface area contributed by atoms with Crippen LogP contribution in [0, 0.1) is 6.92 Å². The zero-order chi connectivity index (χ0) is 14.8. The Hall–Kier alpha value is -1.71. The third kappa shape index (κ3) is 2.99. The van der Waals surface area contributed by atoms with Gasteiger partial charge in [-0.15, -0.1) is 11.3 Å². The standard InChI is InChI=1S/C18H20N2S/c1-13-8-9-16(19-10-11-20(2)3)15-12-14-6-4-5-7-17(14)21-18(13)15/h4-9,12H,10-11H2,1-3H3. The molecule has 0 bridgehead atoms. The Bertz CT molecular complexity index is 802. The van der Waals surface area contributed by atoms with Crippen LogP contribution >= 0.6 is 11.3 Å². The van der Waals surface area contributed by atoms with Crippen molar-refractivity contribution in [2.75, 3.05) is 27.2 Å². The first-order chi connectivity index (χ1) is 10.1. The predicted molar refractivity (Wildman–Crippen MR) is 92.2 cm³/mol. The van der Waals surface area contributed by atoms with E-state index in [0.29, 0.717) is 0 Å². The van der Waals surface area contributed by atoms with E-state index in [9.17, 15) is 0 Å². The van der Waals surface area contributed by atoms with Crippen molar-refractivity contribution in [3.05, 3.63) is 53.4 Å². The summed E-state index contributed by atoms with van der Waals surface area (Å²) in [5.41, 5.74) is 2.60. The number of hydrogen-bond acceptors (Lipinski definition) is 3. The summed E-state index contributed by atoms with van der Waals surface area (Å²) < 4.78 is 1.33. The third-order valence-corrected chi connectivity index (χ3v) is 4.97. The third-order valence-electron chi connectivity index (χ3n) is 3.63. The normalized spacial score (nSPS) is 12.7. The molecule has 0 fully saturated rings. The van der Waals surface area contributed by atoms with Gasteiger partial charge >= 0.3 is 0 Å². The fourth-order valence-electron chi connectivity index (χ4n) is 2.44. The number of nitrogens with zero attached hydrogens (tertiary/aromatic N) is 2. The van der Waals surface area contributed by atoms with E-state index in [1.807, 2.05) is 11.3 Å². The molecule has 1 aromatic carbocycles. The molecule has 0 saturated heterocycles. The lowest BCUT2D eigenvalue weighted by Gasteiger charge is -2.11. The second kappa shape index (κ2) is 5.96. The molecule has 0 spiro atoms. The molecule has 0 N–H and O–H groups in total. The van der Waals surface area contributed by atoms with Crippen LogP contribution in [0.3, 0.4) is 0 Å². The summed E-state index contributed by atoms with van der Waals surface area (Å²) in [6.07, 6.45) is 0. The van der Waals surface area contributed by atoms with Crippen molar-refractivity contribution >= 4 is 21.4 Å². The van der Waals surface area contributed by atoms with Crippen molar-refractivity contribution in [3.63, 3.8) is 0 Å². The van der Waals surface area contributed by atoms with Crippen molar-refractivity contribution < 1.29 is 0 Å². The Morgan fingerprint density at radius 1 is 1.10 bits per heavy atom. The van der Waals surface area contributed by atoms with Crippen LogP contribution in [-0.2, 0) is 0 Å². The van der Waals surface area contributed by atoms with E-state index in [2.05, 4.69) is 68.4 Å². The molecule has 0 atom stereocenters. The highest BCUT2D eigenvalue weighted by Gasteiger charge is 2.09. The van der Waals surface area contributed by atoms with Crippen LogP contribution in [0.15, 0.2) is 47.5 Å². The summed E-state index contributed by atoms with van der Waals surface area (Å²) in [6.45, 7) is 3.99. The van der Waals surface area contributed by atoms with Crippen molar-refractivity contribution in [2.24, 2.45) is 4.99 Å². The Balaban J connectivity index is 2.18. The number of likely N-dealkylation sites (N-methyl/N-ethyl adjacent to an activating group) is 1. The summed E-state index contributed by atoms with van der Waals surface area (Å²) in [5, 5.41) is 2.41. The van der Waals surface area contributed by atoms with Gasteiger partial charge in [0, 0.05) is 21.7 Å². The first-order valence-electron chi connectivity index (χ1n) is 7.22. The van der Waals surface area contributed by atoms with Gasteiger partial charge in [0.25, 0.3) is 0 Å². The largest absolute Gasteiger partial charge is 0.308 e. The molecule has 0 aromatic heterocycles. The van der Waals surface area contributed by atoms with Crippen LogP contribution in [-0.4, -0.2) is 32.1 Å². The van der Waals surface area contributed by atoms with Gasteiger partial charge in [-0.3, -0.25) is 4.99 Å². The number of rotatable bonds is 3. The summed E-state index contributed by atoms with van der Waals surface area (Å²) in [4.78, 5) is 8.30. The Morgan fingerprint density at radius 3 is 2.71 bits per heavy atom. The zero-order valence-corrected chi connectivity index (χ0v) is 13.6. The van der Waals surface area contributed by atoms with E-state index in [-0.39, 0.29) is 0 Å². The van der Waals surface area contributed by atoms with E-state index in [4.69, 9.17) is 4.99 Å². The zero-order valence-electron chi connectivity index (χ0n) is 12.8. The first kappa shape index (κ1) is 14.2. The van der Waals surface area contributed by atoms with Crippen LogP contribution < -0.4 is 5.36 Å². The van der Waals surface area contributed by atoms with E-state index >= 15 is 0 Å². The van der Waals surface area contributed by atoms with Gasteiger partial charge < -0.3 is 4.90 Å². The average molecular weight is 296 g/mol. The molecule has 1 aliphatic heterocycles. The molecule has 0 saturated carbocycles. The van der Waals surface area contributed by atoms with Crippen LogP contribution in [0.2, 0.25) is 0 Å². The summed E-state index contributed by atoms with van der Waals surface area (Å²) in [5.74, 6) is 0. The second-order valence-electron chi connectivity index (χ2n) is 5.61. The average Bonchev–Trinajstić information content (AvgIpc) is 2.48. The quantitative estimate of drug-likeness (QED) is 0.672. The molecule has 1 heterocycles. The van der Waals surface area contributed by atoms with Crippen LogP contribution in [0.1, 0.15) is 5.56 Å². The maximum absolute atomic E-state index is 4.79. The van der Waals surface area contributed by atoms with Crippen molar-refractivity contribution in [2.45, 2.75) is 6.92 Å². The minimum absolute atomic E-state index is 0.836. The van der Waals surface area contributed by atoms with Gasteiger partial charge in [-0.2, -0.15) is 0 Å². The highest BCUT2D eigenvalue weighted by atomic mass is 32.1. The highest BCUT2D eigenvalue weighted by molar-refractivity contribution is 7.21. The van der Waals surface area contributed by atoms with E-state index in [0.717, 1.165) is 18.4 Å². The lowest BCUT2D eigenvalue weighted by molar-refractivity contribution is 0.419. The Morgan fingerprint density at radius 2 is 1.90 bits per heavy atom. The predicted octanol–water partition coefficient (Wildman–Crippen LogP) is 3.78. The molecule has 0 unspecified atom stereocenters. The van der Waals surface area contributed by atoms with Crippen LogP contribution in [0.5, 0.6) is 0 Å². The number of hydrogen-bond donors (Lipinski definition) is 0.